The summed E-state index contributed by atoms with van der Waals surface area (Å²) >= 11 is 2.09. The lowest BCUT2D eigenvalue weighted by Gasteiger charge is -2.41. The summed E-state index contributed by atoms with van der Waals surface area (Å²) in [7, 11) is 0. The molecule has 64 valence electrons. The van der Waals surface area contributed by atoms with Gasteiger partial charge in [-0.25, -0.2) is 0 Å². The molecule has 2 atom stereocenters. The van der Waals surface area contributed by atoms with Crippen LogP contribution in [0.2, 0.25) is 0 Å². The van der Waals surface area contributed by atoms with Crippen molar-refractivity contribution in [1.82, 2.24) is 4.90 Å². The summed E-state index contributed by atoms with van der Waals surface area (Å²) < 4.78 is 0. The molecule has 2 unspecified atom stereocenters. The second kappa shape index (κ2) is 3.33. The summed E-state index contributed by atoms with van der Waals surface area (Å²) in [5.41, 5.74) is 5.91. The Morgan fingerprint density at radius 1 is 1.36 bits per heavy atom. The Hall–Kier alpha value is 0.270. The fraction of sp³-hybridized carbons (Fsp3) is 1.00. The maximum Gasteiger partial charge on any atom is 0.0201 e. The minimum atomic E-state index is 0.481. The SMILES string of the molecule is NC1CCN2CCSCC2C1. The van der Waals surface area contributed by atoms with Crippen molar-refractivity contribution in [3.8, 4) is 0 Å². The molecule has 0 saturated carbocycles. The number of nitrogens with two attached hydrogens (primary N) is 1. The minimum absolute atomic E-state index is 0.481. The molecular weight excluding hydrogens is 156 g/mol. The van der Waals surface area contributed by atoms with E-state index in [1.165, 1.54) is 37.4 Å². The van der Waals surface area contributed by atoms with Crippen LogP contribution in [-0.4, -0.2) is 41.6 Å². The number of hydrogen-bond acceptors (Lipinski definition) is 3. The van der Waals surface area contributed by atoms with E-state index in [1.54, 1.807) is 0 Å². The van der Waals surface area contributed by atoms with Gasteiger partial charge in [0.25, 0.3) is 0 Å². The molecule has 3 heteroatoms. The quantitative estimate of drug-likeness (QED) is 0.578. The van der Waals surface area contributed by atoms with E-state index in [0.29, 0.717) is 6.04 Å². The highest BCUT2D eigenvalue weighted by Crippen LogP contribution is 2.24. The van der Waals surface area contributed by atoms with E-state index in [0.717, 1.165) is 6.04 Å². The van der Waals surface area contributed by atoms with Crippen molar-refractivity contribution in [1.29, 1.82) is 0 Å². The summed E-state index contributed by atoms with van der Waals surface area (Å²) in [6, 6.07) is 1.28. The van der Waals surface area contributed by atoms with Crippen LogP contribution in [0, 0.1) is 0 Å². The predicted molar refractivity (Wildman–Crippen MR) is 49.9 cm³/mol. The fourth-order valence-corrected chi connectivity index (χ4v) is 3.15. The van der Waals surface area contributed by atoms with E-state index >= 15 is 0 Å². The van der Waals surface area contributed by atoms with Crippen LogP contribution in [0.15, 0.2) is 0 Å². The molecule has 0 amide bonds. The molecule has 0 bridgehead atoms. The van der Waals surface area contributed by atoms with E-state index in [1.807, 2.05) is 0 Å². The van der Waals surface area contributed by atoms with Crippen molar-refractivity contribution in [2.24, 2.45) is 5.73 Å². The van der Waals surface area contributed by atoms with Gasteiger partial charge in [0.2, 0.25) is 0 Å². The van der Waals surface area contributed by atoms with Crippen LogP contribution in [0.3, 0.4) is 0 Å². The molecule has 0 aromatic carbocycles. The molecule has 2 N–H and O–H groups in total. The molecule has 11 heavy (non-hydrogen) atoms. The molecule has 2 nitrogen and oxygen atoms in total. The zero-order chi connectivity index (χ0) is 7.68. The summed E-state index contributed by atoms with van der Waals surface area (Å²) in [6.07, 6.45) is 2.44. The van der Waals surface area contributed by atoms with Gasteiger partial charge in [-0.3, -0.25) is 4.90 Å². The predicted octanol–water partition coefficient (Wildman–Crippen LogP) is 0.525. The van der Waals surface area contributed by atoms with Gasteiger partial charge in [-0.2, -0.15) is 11.8 Å². The molecule has 2 fully saturated rings. The third-order valence-corrected chi connectivity index (χ3v) is 3.80. The van der Waals surface area contributed by atoms with Crippen molar-refractivity contribution in [2.45, 2.75) is 24.9 Å². The lowest BCUT2D eigenvalue weighted by molar-refractivity contribution is 0.155. The van der Waals surface area contributed by atoms with E-state index in [4.69, 9.17) is 5.73 Å². The molecule has 2 rings (SSSR count). The first-order chi connectivity index (χ1) is 5.36. The van der Waals surface area contributed by atoms with Crippen molar-refractivity contribution < 1.29 is 0 Å². The Kier molecular flexibility index (Phi) is 2.39. The van der Waals surface area contributed by atoms with E-state index in [9.17, 15) is 0 Å². The van der Waals surface area contributed by atoms with Crippen LogP contribution < -0.4 is 5.73 Å². The lowest BCUT2D eigenvalue weighted by Crippen LogP contribution is -2.50. The second-order valence-corrected chi connectivity index (χ2v) is 4.70. The Labute approximate surface area is 72.5 Å². The van der Waals surface area contributed by atoms with Crippen molar-refractivity contribution in [2.75, 3.05) is 24.6 Å². The highest BCUT2D eigenvalue weighted by Gasteiger charge is 2.28. The molecule has 2 saturated heterocycles. The van der Waals surface area contributed by atoms with Crippen molar-refractivity contribution in [3.63, 3.8) is 0 Å². The Morgan fingerprint density at radius 2 is 2.27 bits per heavy atom. The van der Waals surface area contributed by atoms with E-state index in [2.05, 4.69) is 16.7 Å². The Morgan fingerprint density at radius 3 is 3.18 bits per heavy atom. The Bertz CT molecular complexity index is 140. The zero-order valence-electron chi connectivity index (χ0n) is 6.83. The summed E-state index contributed by atoms with van der Waals surface area (Å²) in [5.74, 6) is 2.64. The van der Waals surface area contributed by atoms with Crippen molar-refractivity contribution in [3.05, 3.63) is 0 Å². The van der Waals surface area contributed by atoms with Crippen LogP contribution in [0.5, 0.6) is 0 Å². The number of rotatable bonds is 0. The smallest absolute Gasteiger partial charge is 0.0201 e. The van der Waals surface area contributed by atoms with Gasteiger partial charge in [-0.05, 0) is 19.4 Å². The zero-order valence-corrected chi connectivity index (χ0v) is 7.65. The van der Waals surface area contributed by atoms with Gasteiger partial charge < -0.3 is 5.73 Å². The number of hydrogen-bond donors (Lipinski definition) is 1. The first-order valence-corrected chi connectivity index (χ1v) is 5.59. The highest BCUT2D eigenvalue weighted by atomic mass is 32.2. The average molecular weight is 172 g/mol. The topological polar surface area (TPSA) is 29.3 Å². The van der Waals surface area contributed by atoms with Gasteiger partial charge in [0.1, 0.15) is 0 Å². The largest absolute Gasteiger partial charge is 0.328 e. The molecule has 0 aromatic heterocycles. The van der Waals surface area contributed by atoms with Crippen molar-refractivity contribution >= 4 is 11.8 Å². The maximum absolute atomic E-state index is 5.91. The summed E-state index contributed by atoms with van der Waals surface area (Å²) in [5, 5.41) is 0. The first kappa shape index (κ1) is 7.90. The van der Waals surface area contributed by atoms with Gasteiger partial charge in [0, 0.05) is 30.1 Å². The number of fused-ring (bicyclic) bond motifs is 1. The van der Waals surface area contributed by atoms with E-state index < -0.39 is 0 Å². The molecule has 0 spiro atoms. The van der Waals surface area contributed by atoms with Crippen LogP contribution in [-0.2, 0) is 0 Å². The van der Waals surface area contributed by atoms with Gasteiger partial charge in [0.05, 0.1) is 0 Å². The van der Waals surface area contributed by atoms with Gasteiger partial charge >= 0.3 is 0 Å². The third kappa shape index (κ3) is 1.71. The molecule has 2 aliphatic rings. The molecule has 0 aromatic rings. The van der Waals surface area contributed by atoms with Crippen LogP contribution in [0.4, 0.5) is 0 Å². The normalized spacial score (nSPS) is 40.1. The lowest BCUT2D eigenvalue weighted by atomic mass is 9.99. The Balaban J connectivity index is 1.93. The average Bonchev–Trinajstić information content (AvgIpc) is 2.04. The molecule has 0 radical (unpaired) electrons. The summed E-state index contributed by atoms with van der Waals surface area (Å²) in [4.78, 5) is 2.61. The fourth-order valence-electron chi connectivity index (χ4n) is 2.00. The molecule has 2 aliphatic heterocycles. The number of piperidine rings is 1. The maximum atomic E-state index is 5.91. The monoisotopic (exact) mass is 172 g/mol. The van der Waals surface area contributed by atoms with Crippen LogP contribution in [0.1, 0.15) is 12.8 Å². The molecule has 0 aliphatic carbocycles. The van der Waals surface area contributed by atoms with Gasteiger partial charge in [0.15, 0.2) is 0 Å². The first-order valence-electron chi connectivity index (χ1n) is 4.43. The molecule has 2 heterocycles. The third-order valence-electron chi connectivity index (χ3n) is 2.71. The molecular formula is C8H16N2S. The summed E-state index contributed by atoms with van der Waals surface area (Å²) in [6.45, 7) is 2.54. The minimum Gasteiger partial charge on any atom is -0.328 e. The van der Waals surface area contributed by atoms with Gasteiger partial charge in [-0.1, -0.05) is 0 Å². The van der Waals surface area contributed by atoms with Crippen LogP contribution in [0.25, 0.3) is 0 Å². The van der Waals surface area contributed by atoms with Crippen LogP contribution >= 0.6 is 11.8 Å². The van der Waals surface area contributed by atoms with E-state index in [-0.39, 0.29) is 0 Å². The number of thioether (sulfide) groups is 1. The number of nitrogens with zero attached hydrogens (tertiary/aromatic N) is 1. The standard InChI is InChI=1S/C8H16N2S/c9-7-1-2-10-3-4-11-6-8(10)5-7/h7-8H,1-6,9H2. The highest BCUT2D eigenvalue weighted by molar-refractivity contribution is 7.99. The van der Waals surface area contributed by atoms with Gasteiger partial charge in [-0.15, -0.1) is 0 Å². The second-order valence-electron chi connectivity index (χ2n) is 3.55.